The fourth-order valence-corrected chi connectivity index (χ4v) is 2.93. The average molecular weight is 429 g/mol. The number of amides is 1. The van der Waals surface area contributed by atoms with Crippen LogP contribution in [-0.2, 0) is 17.8 Å². The van der Waals surface area contributed by atoms with Crippen LogP contribution < -0.4 is 10.9 Å². The fourth-order valence-electron chi connectivity index (χ4n) is 2.93. The number of aromatic nitrogens is 2. The number of carbonyl (C=O) groups excluding carboxylic acids is 1. The van der Waals surface area contributed by atoms with E-state index in [1.54, 1.807) is 30.3 Å². The summed E-state index contributed by atoms with van der Waals surface area (Å²) in [5.74, 6) is -5.07. The third-order valence-corrected chi connectivity index (χ3v) is 4.40. The molecule has 1 heterocycles. The highest BCUT2D eigenvalue weighted by Gasteiger charge is 2.23. The van der Waals surface area contributed by atoms with Crippen LogP contribution in [0.15, 0.2) is 53.3 Å². The first-order valence-electron chi connectivity index (χ1n) is 9.06. The van der Waals surface area contributed by atoms with Crippen molar-refractivity contribution in [3.8, 4) is 5.88 Å². The number of aromatic hydroxyl groups is 1. The lowest BCUT2D eigenvalue weighted by Crippen LogP contribution is -2.37. The maximum absolute atomic E-state index is 14.1. The zero-order valence-electron chi connectivity index (χ0n) is 16.0. The van der Waals surface area contributed by atoms with Crippen molar-refractivity contribution in [2.24, 2.45) is 0 Å². The highest BCUT2D eigenvalue weighted by molar-refractivity contribution is 5.97. The molecule has 31 heavy (non-hydrogen) atoms. The molecule has 0 atom stereocenters. The van der Waals surface area contributed by atoms with Gasteiger partial charge in [-0.3, -0.25) is 19.0 Å². The van der Waals surface area contributed by atoms with E-state index >= 15 is 0 Å². The first-order valence-corrected chi connectivity index (χ1v) is 9.06. The molecular weight excluding hydrogens is 412 g/mol. The van der Waals surface area contributed by atoms with Gasteiger partial charge in [-0.1, -0.05) is 36.4 Å². The Kier molecular flexibility index (Phi) is 6.39. The zero-order valence-corrected chi connectivity index (χ0v) is 16.0. The molecule has 0 aliphatic heterocycles. The van der Waals surface area contributed by atoms with E-state index in [2.05, 4.69) is 4.98 Å². The molecule has 8 nitrogen and oxygen atoms in total. The van der Waals surface area contributed by atoms with Crippen LogP contribution in [0, 0.1) is 11.6 Å². The third-order valence-electron chi connectivity index (χ3n) is 4.40. The first-order chi connectivity index (χ1) is 14.8. The SMILES string of the molecule is O=C(O)CNC(=O)c1c(O)nc(Cc2ccc(F)cc2F)n(Cc2ccccc2)c1=O. The summed E-state index contributed by atoms with van der Waals surface area (Å²) >= 11 is 0. The number of benzene rings is 2. The van der Waals surface area contributed by atoms with E-state index < -0.39 is 47.1 Å². The van der Waals surface area contributed by atoms with Gasteiger partial charge in [-0.2, -0.15) is 4.98 Å². The number of hydrogen-bond acceptors (Lipinski definition) is 5. The van der Waals surface area contributed by atoms with Crippen molar-refractivity contribution in [1.29, 1.82) is 0 Å². The number of nitrogens with zero attached hydrogens (tertiary/aromatic N) is 2. The Balaban J connectivity index is 2.09. The summed E-state index contributed by atoms with van der Waals surface area (Å²) in [5.41, 5.74) is -0.982. The lowest BCUT2D eigenvalue weighted by Gasteiger charge is -2.15. The Morgan fingerprint density at radius 3 is 2.45 bits per heavy atom. The topological polar surface area (TPSA) is 122 Å². The number of aliphatic carboxylic acids is 1. The molecule has 0 spiro atoms. The lowest BCUT2D eigenvalue weighted by atomic mass is 10.1. The zero-order chi connectivity index (χ0) is 22.5. The minimum Gasteiger partial charge on any atom is -0.493 e. The normalized spacial score (nSPS) is 10.6. The maximum atomic E-state index is 14.1. The van der Waals surface area contributed by atoms with Crippen molar-refractivity contribution < 1.29 is 28.6 Å². The van der Waals surface area contributed by atoms with E-state index in [1.807, 2.05) is 5.32 Å². The summed E-state index contributed by atoms with van der Waals surface area (Å²) < 4.78 is 28.4. The van der Waals surface area contributed by atoms with Gasteiger partial charge >= 0.3 is 5.97 Å². The highest BCUT2D eigenvalue weighted by Crippen LogP contribution is 2.17. The Morgan fingerprint density at radius 1 is 1.10 bits per heavy atom. The highest BCUT2D eigenvalue weighted by atomic mass is 19.1. The van der Waals surface area contributed by atoms with Crippen LogP contribution in [0.4, 0.5) is 8.78 Å². The molecule has 0 saturated carbocycles. The number of carboxylic acid groups (broad SMARTS) is 1. The van der Waals surface area contributed by atoms with Gasteiger partial charge in [0.15, 0.2) is 5.56 Å². The molecule has 0 aliphatic carbocycles. The van der Waals surface area contributed by atoms with Crippen LogP contribution in [0.3, 0.4) is 0 Å². The van der Waals surface area contributed by atoms with Crippen LogP contribution in [-0.4, -0.2) is 38.2 Å². The van der Waals surface area contributed by atoms with E-state index in [9.17, 15) is 28.3 Å². The summed E-state index contributed by atoms with van der Waals surface area (Å²) in [6.45, 7) is -0.816. The van der Waals surface area contributed by atoms with Crippen molar-refractivity contribution in [3.05, 3.63) is 93.0 Å². The van der Waals surface area contributed by atoms with Gasteiger partial charge < -0.3 is 15.5 Å². The molecule has 0 fully saturated rings. The Morgan fingerprint density at radius 2 is 1.81 bits per heavy atom. The molecular formula is C21H17F2N3O5. The molecule has 0 saturated heterocycles. The first kappa shape index (κ1) is 21.6. The molecule has 10 heteroatoms. The summed E-state index contributed by atoms with van der Waals surface area (Å²) in [6.07, 6.45) is -0.265. The van der Waals surface area contributed by atoms with Crippen LogP contribution in [0.25, 0.3) is 0 Å². The van der Waals surface area contributed by atoms with Crippen molar-refractivity contribution in [2.45, 2.75) is 13.0 Å². The van der Waals surface area contributed by atoms with Gasteiger partial charge in [0.2, 0.25) is 5.88 Å². The van der Waals surface area contributed by atoms with Crippen molar-refractivity contribution >= 4 is 11.9 Å². The minimum absolute atomic E-state index is 0.0255. The van der Waals surface area contributed by atoms with Crippen LogP contribution in [0.5, 0.6) is 5.88 Å². The van der Waals surface area contributed by atoms with E-state index in [0.717, 1.165) is 10.6 Å². The smallest absolute Gasteiger partial charge is 0.322 e. The Hall–Kier alpha value is -4.08. The molecule has 1 aromatic heterocycles. The van der Waals surface area contributed by atoms with Crippen LogP contribution in [0.2, 0.25) is 0 Å². The number of carbonyl (C=O) groups is 2. The second-order valence-corrected chi connectivity index (χ2v) is 6.59. The summed E-state index contributed by atoms with van der Waals surface area (Å²) in [4.78, 5) is 39.9. The number of halogens is 2. The molecule has 0 unspecified atom stereocenters. The number of rotatable bonds is 7. The quantitative estimate of drug-likeness (QED) is 0.526. The summed E-state index contributed by atoms with van der Waals surface area (Å²) in [7, 11) is 0. The minimum atomic E-state index is -1.34. The molecule has 0 bridgehead atoms. The van der Waals surface area contributed by atoms with Crippen molar-refractivity contribution in [2.75, 3.05) is 6.54 Å². The number of nitrogens with one attached hydrogen (secondary N) is 1. The van der Waals surface area contributed by atoms with Crippen LogP contribution >= 0.6 is 0 Å². The lowest BCUT2D eigenvalue weighted by molar-refractivity contribution is -0.135. The molecule has 3 aromatic rings. The second kappa shape index (κ2) is 9.16. The third kappa shape index (κ3) is 5.10. The number of carboxylic acids is 1. The second-order valence-electron chi connectivity index (χ2n) is 6.59. The standard InChI is InChI=1S/C21H17F2N3O5/c22-14-7-6-13(15(23)9-14)8-16-25-20(30)18(19(29)24-10-17(27)28)21(31)26(16)11-12-4-2-1-3-5-12/h1-7,9,30H,8,10-11H2,(H,24,29)(H,27,28). The summed E-state index contributed by atoms with van der Waals surface area (Å²) in [6, 6.07) is 11.6. The molecule has 2 aromatic carbocycles. The van der Waals surface area contributed by atoms with E-state index in [-0.39, 0.29) is 24.4 Å². The molecule has 3 N–H and O–H groups in total. The summed E-state index contributed by atoms with van der Waals surface area (Å²) in [5, 5.41) is 20.9. The van der Waals surface area contributed by atoms with E-state index in [1.165, 1.54) is 6.07 Å². The molecule has 160 valence electrons. The predicted octanol–water partition coefficient (Wildman–Crippen LogP) is 1.68. The van der Waals surface area contributed by atoms with Gasteiger partial charge in [-0.05, 0) is 17.2 Å². The van der Waals surface area contributed by atoms with Gasteiger partial charge in [0.25, 0.3) is 11.5 Å². The van der Waals surface area contributed by atoms with Gasteiger partial charge in [0.05, 0.1) is 6.54 Å². The molecule has 0 aliphatic rings. The largest absolute Gasteiger partial charge is 0.493 e. The predicted molar refractivity (Wildman–Crippen MR) is 105 cm³/mol. The van der Waals surface area contributed by atoms with Gasteiger partial charge in [-0.15, -0.1) is 0 Å². The monoisotopic (exact) mass is 429 g/mol. The van der Waals surface area contributed by atoms with Crippen molar-refractivity contribution in [3.63, 3.8) is 0 Å². The Bertz CT molecular complexity index is 1200. The number of hydrogen-bond donors (Lipinski definition) is 3. The average Bonchev–Trinajstić information content (AvgIpc) is 2.72. The van der Waals surface area contributed by atoms with Crippen molar-refractivity contribution in [1.82, 2.24) is 14.9 Å². The molecule has 3 rings (SSSR count). The fraction of sp³-hybridized carbons (Fsp3) is 0.143. The van der Waals surface area contributed by atoms with E-state index in [0.29, 0.717) is 11.6 Å². The van der Waals surface area contributed by atoms with Gasteiger partial charge in [0.1, 0.15) is 24.0 Å². The van der Waals surface area contributed by atoms with Gasteiger partial charge in [-0.25, -0.2) is 8.78 Å². The molecule has 1 amide bonds. The van der Waals surface area contributed by atoms with E-state index in [4.69, 9.17) is 5.11 Å². The van der Waals surface area contributed by atoms with Gasteiger partial charge in [0, 0.05) is 12.5 Å². The maximum Gasteiger partial charge on any atom is 0.322 e. The van der Waals surface area contributed by atoms with Crippen LogP contribution in [0.1, 0.15) is 27.3 Å². The Labute approximate surface area is 174 Å². The molecule has 0 radical (unpaired) electrons.